The van der Waals surface area contributed by atoms with E-state index in [-0.39, 0.29) is 18.2 Å². The van der Waals surface area contributed by atoms with Crippen LogP contribution in [0.15, 0.2) is 24.3 Å². The van der Waals surface area contributed by atoms with Crippen LogP contribution in [0, 0.1) is 11.8 Å². The van der Waals surface area contributed by atoms with E-state index in [9.17, 15) is 5.11 Å². The highest BCUT2D eigenvalue weighted by molar-refractivity contribution is 5.64. The first-order valence-corrected chi connectivity index (χ1v) is 9.71. The van der Waals surface area contributed by atoms with Gasteiger partial charge in [-0.1, -0.05) is 25.1 Å². The predicted octanol–water partition coefficient (Wildman–Crippen LogP) is 2.16. The van der Waals surface area contributed by atoms with Crippen LogP contribution in [0.3, 0.4) is 0 Å². The standard InChI is InChI=1S/C20H28N2O3/c1-14-13-22-8-7-19-16-4-2-3-5-17(16)21-20(19,25-11-10-24-19)18(22)12-15(14)6-9-23/h2-5,14-15,18,21,23H,6-13H2,1H3/t14-,15-,18-,19-,20-/m0/s1. The van der Waals surface area contributed by atoms with Crippen molar-refractivity contribution >= 4 is 5.69 Å². The molecular weight excluding hydrogens is 316 g/mol. The van der Waals surface area contributed by atoms with Crippen molar-refractivity contribution in [2.75, 3.05) is 38.2 Å². The molecule has 1 aromatic rings. The minimum absolute atomic E-state index is 0.269. The summed E-state index contributed by atoms with van der Waals surface area (Å²) in [7, 11) is 0. The zero-order chi connectivity index (χ0) is 17.1. The van der Waals surface area contributed by atoms with E-state index >= 15 is 0 Å². The van der Waals surface area contributed by atoms with Crippen LogP contribution in [0.1, 0.15) is 31.7 Å². The van der Waals surface area contributed by atoms with Crippen molar-refractivity contribution in [2.24, 2.45) is 11.8 Å². The van der Waals surface area contributed by atoms with E-state index in [4.69, 9.17) is 9.47 Å². The van der Waals surface area contributed by atoms with E-state index in [2.05, 4.69) is 41.4 Å². The summed E-state index contributed by atoms with van der Waals surface area (Å²) in [5.74, 6) is 1.15. The normalized spacial score (nSPS) is 42.7. The Kier molecular flexibility index (Phi) is 3.65. The highest BCUT2D eigenvalue weighted by atomic mass is 16.6. The highest BCUT2D eigenvalue weighted by Gasteiger charge is 2.69. The maximum Gasteiger partial charge on any atom is 0.188 e. The molecule has 5 heteroatoms. The molecule has 3 saturated heterocycles. The molecule has 5 rings (SSSR count). The number of anilines is 1. The molecular formula is C20H28N2O3. The van der Waals surface area contributed by atoms with E-state index in [0.717, 1.165) is 38.0 Å². The summed E-state index contributed by atoms with van der Waals surface area (Å²) < 4.78 is 13.1. The molecule has 0 spiro atoms. The number of piperidine rings is 2. The molecule has 0 aliphatic carbocycles. The third-order valence-corrected chi connectivity index (χ3v) is 7.06. The fourth-order valence-electron chi connectivity index (χ4n) is 5.90. The number of benzene rings is 1. The van der Waals surface area contributed by atoms with Crippen LogP contribution in [-0.4, -0.2) is 54.7 Å². The van der Waals surface area contributed by atoms with Crippen molar-refractivity contribution in [3.8, 4) is 0 Å². The molecule has 2 N–H and O–H groups in total. The van der Waals surface area contributed by atoms with Gasteiger partial charge in [-0.15, -0.1) is 0 Å². The van der Waals surface area contributed by atoms with Gasteiger partial charge in [-0.25, -0.2) is 0 Å². The second kappa shape index (κ2) is 5.68. The molecule has 25 heavy (non-hydrogen) atoms. The van der Waals surface area contributed by atoms with Gasteiger partial charge in [-0.3, -0.25) is 4.90 Å². The summed E-state index contributed by atoms with van der Waals surface area (Å²) in [5, 5.41) is 13.3. The van der Waals surface area contributed by atoms with Crippen LogP contribution in [-0.2, 0) is 15.1 Å². The molecule has 0 saturated carbocycles. The number of rotatable bonds is 2. The van der Waals surface area contributed by atoms with Gasteiger partial charge in [0.15, 0.2) is 5.72 Å². The number of aliphatic hydroxyl groups excluding tert-OH is 1. The molecule has 3 fully saturated rings. The lowest BCUT2D eigenvalue weighted by Crippen LogP contribution is -2.75. The Bertz CT molecular complexity index is 668. The number of nitrogens with zero attached hydrogens (tertiary/aromatic N) is 1. The Morgan fingerprint density at radius 3 is 3.00 bits per heavy atom. The molecule has 4 aliphatic heterocycles. The lowest BCUT2D eigenvalue weighted by atomic mass is 9.68. The summed E-state index contributed by atoms with van der Waals surface area (Å²) in [6, 6.07) is 8.81. The minimum atomic E-state index is -0.499. The molecule has 0 bridgehead atoms. The van der Waals surface area contributed by atoms with Crippen LogP contribution in [0.2, 0.25) is 0 Å². The van der Waals surface area contributed by atoms with Crippen LogP contribution in [0.25, 0.3) is 0 Å². The average molecular weight is 344 g/mol. The van der Waals surface area contributed by atoms with Gasteiger partial charge < -0.3 is 19.9 Å². The SMILES string of the molecule is C[C@H]1CN2CC[C@@]34OCCO[C@@]3(Nc3ccccc34)[C@@H]2C[C@@H]1CCO. The van der Waals surface area contributed by atoms with Crippen molar-refractivity contribution < 1.29 is 14.6 Å². The second-order valence-corrected chi connectivity index (χ2v) is 8.18. The van der Waals surface area contributed by atoms with E-state index in [1.807, 2.05) is 0 Å². The highest BCUT2D eigenvalue weighted by Crippen LogP contribution is 2.59. The third kappa shape index (κ3) is 2.04. The summed E-state index contributed by atoms with van der Waals surface area (Å²) in [4.78, 5) is 2.60. The third-order valence-electron chi connectivity index (χ3n) is 7.06. The molecule has 1 aromatic carbocycles. The van der Waals surface area contributed by atoms with Gasteiger partial charge in [0.05, 0.1) is 19.3 Å². The zero-order valence-electron chi connectivity index (χ0n) is 14.9. The van der Waals surface area contributed by atoms with Crippen molar-refractivity contribution in [1.82, 2.24) is 4.90 Å². The van der Waals surface area contributed by atoms with Crippen molar-refractivity contribution in [3.05, 3.63) is 29.8 Å². The number of ether oxygens (including phenoxy) is 2. The number of fused-ring (bicyclic) bond motifs is 2. The van der Waals surface area contributed by atoms with Gasteiger partial charge in [-0.2, -0.15) is 0 Å². The van der Waals surface area contributed by atoms with Gasteiger partial charge in [0.1, 0.15) is 5.60 Å². The maximum absolute atomic E-state index is 9.51. The topological polar surface area (TPSA) is 54.0 Å². The van der Waals surface area contributed by atoms with E-state index < -0.39 is 5.72 Å². The first-order chi connectivity index (χ1) is 12.2. The van der Waals surface area contributed by atoms with Gasteiger partial charge in [-0.05, 0) is 37.2 Å². The zero-order valence-corrected chi connectivity index (χ0v) is 14.9. The molecule has 4 heterocycles. The monoisotopic (exact) mass is 344 g/mol. The summed E-state index contributed by atoms with van der Waals surface area (Å²) in [6.07, 6.45) is 2.89. The molecule has 4 aliphatic rings. The predicted molar refractivity (Wildman–Crippen MR) is 95.3 cm³/mol. The molecule has 136 valence electrons. The number of para-hydroxylation sites is 1. The van der Waals surface area contributed by atoms with Gasteiger partial charge >= 0.3 is 0 Å². The molecule has 5 nitrogen and oxygen atoms in total. The Hall–Kier alpha value is -1.14. The Balaban J connectivity index is 1.59. The molecule has 0 amide bonds. The molecule has 0 radical (unpaired) electrons. The number of hydrogen-bond acceptors (Lipinski definition) is 5. The first kappa shape index (κ1) is 16.1. The van der Waals surface area contributed by atoms with Gasteiger partial charge in [0, 0.05) is 30.9 Å². The second-order valence-electron chi connectivity index (χ2n) is 8.18. The van der Waals surface area contributed by atoms with Crippen molar-refractivity contribution in [1.29, 1.82) is 0 Å². The van der Waals surface area contributed by atoms with E-state index in [1.54, 1.807) is 0 Å². The van der Waals surface area contributed by atoms with E-state index in [0.29, 0.717) is 25.0 Å². The first-order valence-electron chi connectivity index (χ1n) is 9.71. The lowest BCUT2D eigenvalue weighted by Gasteiger charge is -2.61. The number of nitrogens with one attached hydrogen (secondary N) is 1. The smallest absolute Gasteiger partial charge is 0.188 e. The van der Waals surface area contributed by atoms with Crippen LogP contribution in [0.5, 0.6) is 0 Å². The number of hydrogen-bond donors (Lipinski definition) is 2. The fourth-order valence-corrected chi connectivity index (χ4v) is 5.90. The van der Waals surface area contributed by atoms with Gasteiger partial charge in [0.25, 0.3) is 0 Å². The molecule has 0 unspecified atom stereocenters. The van der Waals surface area contributed by atoms with Crippen molar-refractivity contribution in [2.45, 2.75) is 43.6 Å². The summed E-state index contributed by atoms with van der Waals surface area (Å²) >= 11 is 0. The van der Waals surface area contributed by atoms with Crippen molar-refractivity contribution in [3.63, 3.8) is 0 Å². The minimum Gasteiger partial charge on any atom is -0.396 e. The average Bonchev–Trinajstić information content (AvgIpc) is 2.94. The van der Waals surface area contributed by atoms with Crippen LogP contribution >= 0.6 is 0 Å². The number of aliphatic hydroxyl groups is 1. The lowest BCUT2D eigenvalue weighted by molar-refractivity contribution is -0.297. The Morgan fingerprint density at radius 1 is 1.28 bits per heavy atom. The summed E-state index contributed by atoms with van der Waals surface area (Å²) in [5.41, 5.74) is 1.53. The van der Waals surface area contributed by atoms with E-state index in [1.165, 1.54) is 5.56 Å². The van der Waals surface area contributed by atoms with Crippen LogP contribution < -0.4 is 5.32 Å². The van der Waals surface area contributed by atoms with Gasteiger partial charge in [0.2, 0.25) is 0 Å². The Morgan fingerprint density at radius 2 is 2.12 bits per heavy atom. The largest absolute Gasteiger partial charge is 0.396 e. The maximum atomic E-state index is 9.51. The quantitative estimate of drug-likeness (QED) is 0.861. The fraction of sp³-hybridized carbons (Fsp3) is 0.700. The molecule has 5 atom stereocenters. The summed E-state index contributed by atoms with van der Waals surface area (Å²) in [6.45, 7) is 6.00. The Labute approximate surface area is 149 Å². The molecule has 0 aromatic heterocycles. The van der Waals surface area contributed by atoms with Crippen LogP contribution in [0.4, 0.5) is 5.69 Å².